The number of carbonyl (C=O) groups is 2. The summed E-state index contributed by atoms with van der Waals surface area (Å²) in [7, 11) is 0. The van der Waals surface area contributed by atoms with Crippen molar-refractivity contribution in [3.05, 3.63) is 85.8 Å². The van der Waals surface area contributed by atoms with Gasteiger partial charge in [0.2, 0.25) is 11.0 Å². The lowest BCUT2D eigenvalue weighted by molar-refractivity contribution is -0.116. The number of nitrogens with one attached hydrogen (secondary N) is 1. The zero-order valence-corrected chi connectivity index (χ0v) is 24.8. The lowest BCUT2D eigenvalue weighted by Crippen LogP contribution is -2.38. The first-order valence-electron chi connectivity index (χ1n) is 12.4. The van der Waals surface area contributed by atoms with Gasteiger partial charge in [-0.05, 0) is 49.4 Å². The lowest BCUT2D eigenvalue weighted by Gasteiger charge is -2.38. The first kappa shape index (κ1) is 28.2. The molecule has 40 heavy (non-hydrogen) atoms. The van der Waals surface area contributed by atoms with Crippen LogP contribution in [0.2, 0.25) is 10.0 Å². The third-order valence-corrected chi connectivity index (χ3v) is 9.74. The number of rotatable bonds is 6. The molecule has 1 atom stereocenters. The van der Waals surface area contributed by atoms with Crippen molar-refractivity contribution in [1.82, 2.24) is 10.2 Å². The van der Waals surface area contributed by atoms with E-state index in [0.717, 1.165) is 16.8 Å². The van der Waals surface area contributed by atoms with Crippen molar-refractivity contribution in [1.29, 1.82) is 5.26 Å². The molecule has 0 saturated heterocycles. The van der Waals surface area contributed by atoms with Gasteiger partial charge in [0, 0.05) is 23.4 Å². The van der Waals surface area contributed by atoms with E-state index in [1.165, 1.54) is 23.1 Å². The van der Waals surface area contributed by atoms with Crippen LogP contribution in [-0.4, -0.2) is 27.6 Å². The number of thioether (sulfide) groups is 1. The number of aryl methyl sites for hydroxylation is 2. The number of benzene rings is 2. The number of anilines is 2. The average molecular weight is 612 g/mol. The van der Waals surface area contributed by atoms with Crippen molar-refractivity contribution >= 4 is 68.8 Å². The van der Waals surface area contributed by atoms with Gasteiger partial charge in [0.15, 0.2) is 10.1 Å². The minimum Gasteiger partial charge on any atom is -0.384 e. The summed E-state index contributed by atoms with van der Waals surface area (Å²) in [5, 5.41) is 22.8. The highest BCUT2D eigenvalue weighted by molar-refractivity contribution is 8.01. The standard InChI is InChI=1S/C28H24Cl2N6O2S2/c1-14-6-3-7-15(2)25(14)33-21(38)13-39-28-35-34-27(40-28)36-19-10-5-11-20(37)23(19)22(17(12-31)26(36)32)16-8-4-9-18(29)24(16)30/h3-4,6-9,22H,5,10-11,13,32H2,1-2H3,(H,33,38). The van der Waals surface area contributed by atoms with E-state index in [0.29, 0.717) is 50.6 Å². The lowest BCUT2D eigenvalue weighted by atomic mass is 9.76. The summed E-state index contributed by atoms with van der Waals surface area (Å²) >= 11 is 15.3. The molecule has 204 valence electrons. The number of aromatic nitrogens is 2. The van der Waals surface area contributed by atoms with Gasteiger partial charge in [-0.2, -0.15) is 5.26 Å². The van der Waals surface area contributed by atoms with Crippen LogP contribution in [0, 0.1) is 25.2 Å². The molecular weight excluding hydrogens is 587 g/mol. The molecule has 1 unspecified atom stereocenters. The maximum atomic E-state index is 13.3. The molecule has 2 aliphatic rings. The Kier molecular flexibility index (Phi) is 8.19. The molecule has 0 saturated carbocycles. The Labute approximate surface area is 249 Å². The highest BCUT2D eigenvalue weighted by atomic mass is 35.5. The molecule has 0 radical (unpaired) electrons. The number of para-hydroxylation sites is 1. The molecule has 2 aromatic carbocycles. The number of hydrogen-bond acceptors (Lipinski definition) is 9. The highest BCUT2D eigenvalue weighted by Gasteiger charge is 2.42. The molecule has 3 aromatic rings. The number of ketones is 1. The largest absolute Gasteiger partial charge is 0.384 e. The van der Waals surface area contributed by atoms with Crippen LogP contribution in [0.25, 0.3) is 0 Å². The number of nitriles is 1. The fraction of sp³-hybridized carbons (Fsp3) is 0.250. The minimum absolute atomic E-state index is 0.0742. The second-order valence-electron chi connectivity index (χ2n) is 9.41. The number of halogens is 2. The molecule has 1 amide bonds. The van der Waals surface area contributed by atoms with Crippen LogP contribution < -0.4 is 16.0 Å². The van der Waals surface area contributed by atoms with Crippen LogP contribution >= 0.6 is 46.3 Å². The maximum absolute atomic E-state index is 13.3. The van der Waals surface area contributed by atoms with E-state index in [4.69, 9.17) is 28.9 Å². The van der Waals surface area contributed by atoms with Crippen molar-refractivity contribution in [2.45, 2.75) is 43.4 Å². The summed E-state index contributed by atoms with van der Waals surface area (Å²) < 4.78 is 0.558. The van der Waals surface area contributed by atoms with E-state index >= 15 is 0 Å². The molecule has 1 aromatic heterocycles. The predicted octanol–water partition coefficient (Wildman–Crippen LogP) is 6.50. The van der Waals surface area contributed by atoms with Gasteiger partial charge in [-0.1, -0.05) is 76.6 Å². The van der Waals surface area contributed by atoms with Crippen molar-refractivity contribution in [3.63, 3.8) is 0 Å². The maximum Gasteiger partial charge on any atom is 0.234 e. The van der Waals surface area contributed by atoms with Crippen molar-refractivity contribution in [3.8, 4) is 6.07 Å². The van der Waals surface area contributed by atoms with Crippen LogP contribution in [0.4, 0.5) is 10.8 Å². The fourth-order valence-electron chi connectivity index (χ4n) is 5.02. The van der Waals surface area contributed by atoms with Gasteiger partial charge in [-0.25, -0.2) is 0 Å². The average Bonchev–Trinajstić information content (AvgIpc) is 3.39. The van der Waals surface area contributed by atoms with E-state index in [1.54, 1.807) is 23.1 Å². The quantitative estimate of drug-likeness (QED) is 0.303. The Morgan fingerprint density at radius 2 is 1.93 bits per heavy atom. The van der Waals surface area contributed by atoms with E-state index in [1.807, 2.05) is 32.0 Å². The van der Waals surface area contributed by atoms with E-state index in [2.05, 4.69) is 21.6 Å². The SMILES string of the molecule is Cc1cccc(C)c1NC(=O)CSc1nnc(N2C(N)=C(C#N)C(c3cccc(Cl)c3Cl)C3=C2CCCC3=O)s1. The summed E-state index contributed by atoms with van der Waals surface area (Å²) in [6, 6.07) is 13.2. The zero-order valence-electron chi connectivity index (χ0n) is 21.6. The van der Waals surface area contributed by atoms with Crippen LogP contribution in [-0.2, 0) is 9.59 Å². The Bertz CT molecular complexity index is 1620. The van der Waals surface area contributed by atoms with Gasteiger partial charge in [0.1, 0.15) is 5.82 Å². The Balaban J connectivity index is 1.44. The normalized spacial score (nSPS) is 17.1. The molecular formula is C28H24Cl2N6O2S2. The molecule has 0 bridgehead atoms. The predicted molar refractivity (Wildman–Crippen MR) is 160 cm³/mol. The van der Waals surface area contributed by atoms with Gasteiger partial charge in [0.05, 0.1) is 33.4 Å². The van der Waals surface area contributed by atoms with Crippen molar-refractivity contribution in [2.24, 2.45) is 5.73 Å². The summed E-state index contributed by atoms with van der Waals surface area (Å²) in [5.41, 5.74) is 11.3. The van der Waals surface area contributed by atoms with Gasteiger partial charge in [-0.15, -0.1) is 10.2 Å². The number of nitrogens with zero attached hydrogens (tertiary/aromatic N) is 4. The summed E-state index contributed by atoms with van der Waals surface area (Å²) in [6.45, 7) is 3.89. The van der Waals surface area contributed by atoms with Crippen LogP contribution in [0.5, 0.6) is 0 Å². The number of Topliss-reactive ketones (excluding diaryl/α,β-unsaturated/α-hetero) is 1. The summed E-state index contributed by atoms with van der Waals surface area (Å²) in [6.07, 6.45) is 1.56. The van der Waals surface area contributed by atoms with Gasteiger partial charge in [-0.3, -0.25) is 14.5 Å². The Hall–Kier alpha value is -3.36. The molecule has 8 nitrogen and oxygen atoms in total. The molecule has 0 spiro atoms. The highest BCUT2D eigenvalue weighted by Crippen LogP contribution is 2.49. The molecule has 12 heteroatoms. The molecule has 5 rings (SSSR count). The summed E-state index contributed by atoms with van der Waals surface area (Å²) in [4.78, 5) is 27.6. The topological polar surface area (TPSA) is 125 Å². The van der Waals surface area contributed by atoms with Gasteiger partial charge < -0.3 is 11.1 Å². The molecule has 1 aliphatic heterocycles. The third-order valence-electron chi connectivity index (χ3n) is 6.87. The first-order valence-corrected chi connectivity index (χ1v) is 15.0. The second kappa shape index (κ2) is 11.6. The van der Waals surface area contributed by atoms with E-state index in [9.17, 15) is 14.9 Å². The Morgan fingerprint density at radius 1 is 1.20 bits per heavy atom. The van der Waals surface area contributed by atoms with Gasteiger partial charge in [0.25, 0.3) is 0 Å². The molecule has 3 N–H and O–H groups in total. The fourth-order valence-corrected chi connectivity index (χ4v) is 7.12. The van der Waals surface area contributed by atoms with Crippen LogP contribution in [0.15, 0.2) is 63.4 Å². The smallest absolute Gasteiger partial charge is 0.234 e. The van der Waals surface area contributed by atoms with Crippen LogP contribution in [0.1, 0.15) is 41.9 Å². The van der Waals surface area contributed by atoms with Crippen LogP contribution in [0.3, 0.4) is 0 Å². The number of amides is 1. The van der Waals surface area contributed by atoms with E-state index in [-0.39, 0.29) is 33.9 Å². The first-order chi connectivity index (χ1) is 19.2. The third kappa shape index (κ3) is 5.22. The summed E-state index contributed by atoms with van der Waals surface area (Å²) in [5.74, 6) is -0.663. The second-order valence-corrected chi connectivity index (χ2v) is 12.4. The minimum atomic E-state index is -0.731. The monoisotopic (exact) mass is 610 g/mol. The number of allylic oxidation sites excluding steroid dienone is 3. The molecule has 2 heterocycles. The van der Waals surface area contributed by atoms with Gasteiger partial charge >= 0.3 is 0 Å². The number of carbonyl (C=O) groups excluding carboxylic acids is 2. The molecule has 1 aliphatic carbocycles. The number of nitrogens with two attached hydrogens (primary N) is 1. The zero-order chi connectivity index (χ0) is 28.6. The van der Waals surface area contributed by atoms with Crippen molar-refractivity contribution < 1.29 is 9.59 Å². The number of hydrogen-bond donors (Lipinski definition) is 2. The molecule has 0 fully saturated rings. The Morgan fingerprint density at radius 3 is 2.65 bits per heavy atom. The van der Waals surface area contributed by atoms with Crippen molar-refractivity contribution in [2.75, 3.05) is 16.0 Å². The van der Waals surface area contributed by atoms with E-state index < -0.39 is 5.92 Å².